The van der Waals surface area contributed by atoms with Gasteiger partial charge < -0.3 is 5.73 Å². The minimum Gasteiger partial charge on any atom is -0.330 e. The van der Waals surface area contributed by atoms with Crippen LogP contribution in [-0.4, -0.2) is 6.54 Å². The van der Waals surface area contributed by atoms with Crippen LogP contribution >= 0.6 is 0 Å². The second-order valence-electron chi connectivity index (χ2n) is 5.89. The van der Waals surface area contributed by atoms with Crippen LogP contribution in [0.5, 0.6) is 0 Å². The first-order chi connectivity index (χ1) is 9.88. The number of nitrogens with two attached hydrogens (primary N) is 1. The zero-order valence-corrected chi connectivity index (χ0v) is 12.0. The fourth-order valence-corrected chi connectivity index (χ4v) is 3.59. The van der Waals surface area contributed by atoms with Gasteiger partial charge in [0.25, 0.3) is 0 Å². The summed E-state index contributed by atoms with van der Waals surface area (Å²) in [7, 11) is 0. The summed E-state index contributed by atoms with van der Waals surface area (Å²) in [6.07, 6.45) is 4.77. The molecule has 2 aromatic carbocycles. The van der Waals surface area contributed by atoms with E-state index < -0.39 is 0 Å². The molecule has 0 fully saturated rings. The van der Waals surface area contributed by atoms with Crippen LogP contribution in [0.4, 0.5) is 0 Å². The number of rotatable bonds is 5. The van der Waals surface area contributed by atoms with Crippen LogP contribution in [0.3, 0.4) is 0 Å². The summed E-state index contributed by atoms with van der Waals surface area (Å²) in [5, 5.41) is 0. The summed E-state index contributed by atoms with van der Waals surface area (Å²) in [6.45, 7) is 0.795. The van der Waals surface area contributed by atoms with Crippen molar-refractivity contribution in [1.29, 1.82) is 0 Å². The van der Waals surface area contributed by atoms with Crippen LogP contribution in [0.1, 0.15) is 35.4 Å². The summed E-state index contributed by atoms with van der Waals surface area (Å²) < 4.78 is 0. The largest absolute Gasteiger partial charge is 0.330 e. The van der Waals surface area contributed by atoms with E-state index in [-0.39, 0.29) is 0 Å². The number of hydrogen-bond donors (Lipinski definition) is 1. The van der Waals surface area contributed by atoms with Gasteiger partial charge in [-0.05, 0) is 60.8 Å². The molecule has 1 aliphatic rings. The van der Waals surface area contributed by atoms with Crippen molar-refractivity contribution in [1.82, 2.24) is 0 Å². The quantitative estimate of drug-likeness (QED) is 0.871. The van der Waals surface area contributed by atoms with E-state index in [9.17, 15) is 0 Å². The molecule has 104 valence electrons. The molecular weight excluding hydrogens is 242 g/mol. The van der Waals surface area contributed by atoms with Crippen molar-refractivity contribution < 1.29 is 0 Å². The van der Waals surface area contributed by atoms with Gasteiger partial charge in [-0.15, -0.1) is 0 Å². The first-order valence-corrected chi connectivity index (χ1v) is 7.70. The SMILES string of the molecule is NCCCC(c1ccccc1)C1Cc2ccccc2C1. The lowest BCUT2D eigenvalue weighted by Gasteiger charge is -2.24. The lowest BCUT2D eigenvalue weighted by Crippen LogP contribution is -2.15. The van der Waals surface area contributed by atoms with Crippen LogP contribution in [-0.2, 0) is 12.8 Å². The summed E-state index contributed by atoms with van der Waals surface area (Å²) in [5.74, 6) is 1.38. The minimum atomic E-state index is 0.646. The normalized spacial score (nSPS) is 16.1. The highest BCUT2D eigenvalue weighted by Crippen LogP contribution is 2.39. The monoisotopic (exact) mass is 265 g/mol. The average molecular weight is 265 g/mol. The second-order valence-corrected chi connectivity index (χ2v) is 5.89. The fourth-order valence-electron chi connectivity index (χ4n) is 3.59. The van der Waals surface area contributed by atoms with Gasteiger partial charge in [0, 0.05) is 0 Å². The molecule has 2 aromatic rings. The maximum Gasteiger partial charge on any atom is -0.00771 e. The Bertz CT molecular complexity index is 522. The van der Waals surface area contributed by atoms with Gasteiger partial charge >= 0.3 is 0 Å². The van der Waals surface area contributed by atoms with Crippen LogP contribution < -0.4 is 5.73 Å². The molecule has 0 spiro atoms. The van der Waals surface area contributed by atoms with Crippen LogP contribution in [0, 0.1) is 5.92 Å². The molecule has 1 atom stereocenters. The van der Waals surface area contributed by atoms with Gasteiger partial charge in [0.1, 0.15) is 0 Å². The van der Waals surface area contributed by atoms with E-state index in [1.165, 1.54) is 24.8 Å². The van der Waals surface area contributed by atoms with Gasteiger partial charge in [-0.1, -0.05) is 54.6 Å². The number of fused-ring (bicyclic) bond motifs is 1. The molecule has 1 aliphatic carbocycles. The fraction of sp³-hybridized carbons (Fsp3) is 0.368. The number of hydrogen-bond acceptors (Lipinski definition) is 1. The third-order valence-corrected chi connectivity index (χ3v) is 4.60. The average Bonchev–Trinajstić information content (AvgIpc) is 2.92. The molecular formula is C19H23N. The van der Waals surface area contributed by atoms with Gasteiger partial charge in [-0.2, -0.15) is 0 Å². The minimum absolute atomic E-state index is 0.646. The zero-order chi connectivity index (χ0) is 13.8. The van der Waals surface area contributed by atoms with Gasteiger partial charge in [0.15, 0.2) is 0 Å². The topological polar surface area (TPSA) is 26.0 Å². The Balaban J connectivity index is 1.81. The zero-order valence-electron chi connectivity index (χ0n) is 12.0. The van der Waals surface area contributed by atoms with Crippen molar-refractivity contribution in [2.24, 2.45) is 11.7 Å². The van der Waals surface area contributed by atoms with Crippen molar-refractivity contribution in [3.63, 3.8) is 0 Å². The van der Waals surface area contributed by atoms with E-state index in [1.54, 1.807) is 11.1 Å². The lowest BCUT2D eigenvalue weighted by molar-refractivity contribution is 0.412. The summed E-state index contributed by atoms with van der Waals surface area (Å²) in [6, 6.07) is 19.9. The van der Waals surface area contributed by atoms with E-state index in [1.807, 2.05) is 0 Å². The van der Waals surface area contributed by atoms with Gasteiger partial charge in [0.05, 0.1) is 0 Å². The van der Waals surface area contributed by atoms with Crippen LogP contribution in [0.25, 0.3) is 0 Å². The maximum atomic E-state index is 5.74. The highest BCUT2D eigenvalue weighted by Gasteiger charge is 2.28. The molecule has 0 aromatic heterocycles. The molecule has 2 N–H and O–H groups in total. The molecule has 20 heavy (non-hydrogen) atoms. The molecule has 1 nitrogen and oxygen atoms in total. The van der Waals surface area contributed by atoms with Crippen molar-refractivity contribution >= 4 is 0 Å². The molecule has 0 saturated carbocycles. The molecule has 0 bridgehead atoms. The van der Waals surface area contributed by atoms with Crippen LogP contribution in [0.15, 0.2) is 54.6 Å². The third kappa shape index (κ3) is 2.78. The van der Waals surface area contributed by atoms with Crippen molar-refractivity contribution in [2.45, 2.75) is 31.6 Å². The summed E-state index contributed by atoms with van der Waals surface area (Å²) in [4.78, 5) is 0. The van der Waals surface area contributed by atoms with E-state index in [0.29, 0.717) is 5.92 Å². The van der Waals surface area contributed by atoms with E-state index in [0.717, 1.165) is 18.9 Å². The maximum absolute atomic E-state index is 5.74. The first kappa shape index (κ1) is 13.4. The molecule has 0 amide bonds. The Morgan fingerprint density at radius 2 is 1.50 bits per heavy atom. The van der Waals surface area contributed by atoms with Gasteiger partial charge in [0.2, 0.25) is 0 Å². The molecule has 0 heterocycles. The molecule has 1 unspecified atom stereocenters. The summed E-state index contributed by atoms with van der Waals surface area (Å²) in [5.41, 5.74) is 10.3. The highest BCUT2D eigenvalue weighted by molar-refractivity contribution is 5.34. The van der Waals surface area contributed by atoms with Crippen molar-refractivity contribution in [2.75, 3.05) is 6.54 Å². The molecule has 1 heteroatoms. The van der Waals surface area contributed by atoms with Gasteiger partial charge in [-0.3, -0.25) is 0 Å². The second kappa shape index (κ2) is 6.23. The van der Waals surface area contributed by atoms with E-state index in [4.69, 9.17) is 5.73 Å². The third-order valence-electron chi connectivity index (χ3n) is 4.60. The summed E-state index contributed by atoms with van der Waals surface area (Å²) >= 11 is 0. The molecule has 0 saturated heterocycles. The molecule has 0 radical (unpaired) electrons. The Kier molecular flexibility index (Phi) is 4.17. The lowest BCUT2D eigenvalue weighted by atomic mass is 9.81. The van der Waals surface area contributed by atoms with Crippen molar-refractivity contribution in [3.8, 4) is 0 Å². The van der Waals surface area contributed by atoms with E-state index >= 15 is 0 Å². The highest BCUT2D eigenvalue weighted by atomic mass is 14.5. The molecule has 0 aliphatic heterocycles. The standard InChI is InChI=1S/C19H23N/c20-12-6-11-19(15-7-2-1-3-8-15)18-13-16-9-4-5-10-17(16)14-18/h1-5,7-10,18-19H,6,11-14,20H2. The first-order valence-electron chi connectivity index (χ1n) is 7.70. The molecule has 3 rings (SSSR count). The Morgan fingerprint density at radius 3 is 2.10 bits per heavy atom. The predicted molar refractivity (Wildman–Crippen MR) is 84.8 cm³/mol. The van der Waals surface area contributed by atoms with E-state index in [2.05, 4.69) is 54.6 Å². The van der Waals surface area contributed by atoms with Crippen LogP contribution in [0.2, 0.25) is 0 Å². The Hall–Kier alpha value is -1.60. The Morgan fingerprint density at radius 1 is 0.900 bits per heavy atom. The van der Waals surface area contributed by atoms with Crippen molar-refractivity contribution in [3.05, 3.63) is 71.3 Å². The Labute approximate surface area is 121 Å². The smallest absolute Gasteiger partial charge is 0.00771 e. The van der Waals surface area contributed by atoms with Gasteiger partial charge in [-0.25, -0.2) is 0 Å². The number of benzene rings is 2. The predicted octanol–water partition coefficient (Wildman–Crippen LogP) is 3.92.